The van der Waals surface area contributed by atoms with Crippen molar-refractivity contribution in [2.24, 2.45) is 0 Å². The number of benzene rings is 2. The van der Waals surface area contributed by atoms with E-state index >= 15 is 0 Å². The van der Waals surface area contributed by atoms with Crippen molar-refractivity contribution in [3.05, 3.63) is 81.7 Å². The molecular weight excluding hydrogens is 634 g/mol. The summed E-state index contributed by atoms with van der Waals surface area (Å²) < 4.78 is 25.1. The summed E-state index contributed by atoms with van der Waals surface area (Å²) in [5, 5.41) is 2.53. The third kappa shape index (κ3) is 7.40. The largest absolute Gasteiger partial charge is 0.459 e. The third-order valence-corrected chi connectivity index (χ3v) is 7.25. The molecule has 1 unspecified atom stereocenters. The van der Waals surface area contributed by atoms with Crippen LogP contribution in [0.2, 0.25) is 0 Å². The topological polar surface area (TPSA) is 144 Å². The molecule has 230 valence electrons. The van der Waals surface area contributed by atoms with Gasteiger partial charge in [0.15, 0.2) is 5.65 Å². The van der Waals surface area contributed by atoms with Gasteiger partial charge in [0.1, 0.15) is 40.8 Å². The average Bonchev–Trinajstić information content (AvgIpc) is 3.55. The van der Waals surface area contributed by atoms with Gasteiger partial charge in [-0.05, 0) is 74.8 Å². The molecule has 3 atom stereocenters. The lowest BCUT2D eigenvalue weighted by Gasteiger charge is -2.19. The molecule has 12 nitrogen and oxygen atoms in total. The number of amides is 1. The fourth-order valence-electron chi connectivity index (χ4n) is 4.51. The number of esters is 2. The van der Waals surface area contributed by atoms with Crippen molar-refractivity contribution in [1.29, 1.82) is 0 Å². The van der Waals surface area contributed by atoms with Crippen LogP contribution in [-0.2, 0) is 18.9 Å². The van der Waals surface area contributed by atoms with E-state index in [2.05, 4.69) is 36.2 Å². The van der Waals surface area contributed by atoms with Gasteiger partial charge in [-0.3, -0.25) is 9.88 Å². The van der Waals surface area contributed by atoms with Crippen LogP contribution in [-0.4, -0.2) is 62.0 Å². The van der Waals surface area contributed by atoms with Crippen LogP contribution in [0.4, 0.5) is 10.7 Å². The number of nitrogens with zero attached hydrogens (tertiary/aromatic N) is 4. The molecule has 4 aromatic rings. The molecule has 2 aromatic heterocycles. The van der Waals surface area contributed by atoms with Gasteiger partial charge in [0.2, 0.25) is 5.95 Å². The second-order valence-corrected chi connectivity index (χ2v) is 12.2. The lowest BCUT2D eigenvalue weighted by atomic mass is 10.1. The molecular formula is C31H32BrN5O7. The number of hydrogen-bond acceptors (Lipinski definition) is 10. The highest BCUT2D eigenvalue weighted by Crippen LogP contribution is 2.35. The van der Waals surface area contributed by atoms with Crippen LogP contribution in [0.1, 0.15) is 65.3 Å². The summed E-state index contributed by atoms with van der Waals surface area (Å²) in [5.74, 6) is -1.06. The zero-order chi connectivity index (χ0) is 31.6. The number of fused-ring (bicyclic) bond motifs is 1. The zero-order valence-corrected chi connectivity index (χ0v) is 26.5. The van der Waals surface area contributed by atoms with Crippen molar-refractivity contribution in [3.8, 4) is 0 Å². The Balaban J connectivity index is 1.38. The summed E-state index contributed by atoms with van der Waals surface area (Å²) in [6, 6.07) is 14.0. The fraction of sp³-hybridized carbons (Fsp3) is 0.355. The van der Waals surface area contributed by atoms with E-state index in [-0.39, 0.29) is 19.0 Å². The van der Waals surface area contributed by atoms with Crippen molar-refractivity contribution in [3.63, 3.8) is 0 Å². The summed E-state index contributed by atoms with van der Waals surface area (Å²) in [6.45, 7) is 8.93. The van der Waals surface area contributed by atoms with E-state index in [4.69, 9.17) is 18.9 Å². The number of rotatable bonds is 7. The first kappa shape index (κ1) is 31.1. The van der Waals surface area contributed by atoms with Gasteiger partial charge in [-0.2, -0.15) is 4.98 Å². The number of anilines is 1. The van der Waals surface area contributed by atoms with Crippen LogP contribution >= 0.6 is 15.9 Å². The summed E-state index contributed by atoms with van der Waals surface area (Å²) in [6.07, 6.45) is -1.23. The van der Waals surface area contributed by atoms with E-state index in [9.17, 15) is 14.4 Å². The second kappa shape index (κ2) is 12.7. The number of carbonyl (C=O) groups excluding carboxylic acids is 3. The maximum Gasteiger partial charge on any atom is 0.414 e. The predicted octanol–water partition coefficient (Wildman–Crippen LogP) is 5.92. The normalized spacial score (nSPS) is 18.2. The van der Waals surface area contributed by atoms with Gasteiger partial charge in [-0.1, -0.05) is 35.4 Å². The number of aromatic nitrogens is 4. The standard InChI is InChI=1S/C31H32BrN5O7/c1-17-6-10-19(11-7-17)27(38)41-15-22-21(43-28(39)20-12-8-18(2)9-13-20)14-23(42-22)37-16-33-24-25(32)34-29(35-26(24)37)36-30(40)44-31(3,4)5/h6-13,16,21-23H,14-15H2,1-5H3,(H,34,35,36,40)/t21-,22+,23?/m0/s1. The molecule has 1 fully saturated rings. The van der Waals surface area contributed by atoms with E-state index in [0.29, 0.717) is 26.9 Å². The Kier molecular flexibility index (Phi) is 8.97. The van der Waals surface area contributed by atoms with E-state index < -0.39 is 42.1 Å². The summed E-state index contributed by atoms with van der Waals surface area (Å²) in [7, 11) is 0. The molecule has 0 spiro atoms. The number of nitrogens with one attached hydrogen (secondary N) is 1. The molecule has 3 heterocycles. The molecule has 13 heteroatoms. The highest BCUT2D eigenvalue weighted by Gasteiger charge is 2.41. The highest BCUT2D eigenvalue weighted by molar-refractivity contribution is 9.10. The summed E-state index contributed by atoms with van der Waals surface area (Å²) in [5.41, 5.74) is 2.86. The Bertz CT molecular complexity index is 1680. The minimum absolute atomic E-state index is 0.00991. The van der Waals surface area contributed by atoms with E-state index in [1.807, 2.05) is 38.1 Å². The third-order valence-electron chi connectivity index (χ3n) is 6.69. The lowest BCUT2D eigenvalue weighted by Crippen LogP contribution is -2.32. The monoisotopic (exact) mass is 665 g/mol. The Morgan fingerprint density at radius 2 is 1.59 bits per heavy atom. The van der Waals surface area contributed by atoms with Crippen LogP contribution in [0.3, 0.4) is 0 Å². The minimum atomic E-state index is -0.786. The van der Waals surface area contributed by atoms with E-state index in [1.165, 1.54) is 6.33 Å². The SMILES string of the molecule is Cc1ccc(C(=O)OC[C@H]2OC(n3cnc4c(Br)nc(NC(=O)OC(C)(C)C)nc43)C[C@@H]2OC(=O)c2ccc(C)cc2)cc1. The quantitative estimate of drug-likeness (QED) is 0.143. The second-order valence-electron chi connectivity index (χ2n) is 11.4. The molecule has 0 aliphatic carbocycles. The molecule has 1 aliphatic rings. The van der Waals surface area contributed by atoms with Crippen LogP contribution in [0.5, 0.6) is 0 Å². The maximum absolute atomic E-state index is 13.1. The molecule has 0 bridgehead atoms. The van der Waals surface area contributed by atoms with Gasteiger partial charge in [0.05, 0.1) is 17.5 Å². The number of carbonyl (C=O) groups is 3. The molecule has 1 saturated heterocycles. The van der Waals surface area contributed by atoms with Crippen LogP contribution in [0.25, 0.3) is 11.2 Å². The first-order valence-corrected chi connectivity index (χ1v) is 14.7. The van der Waals surface area contributed by atoms with Crippen molar-refractivity contribution >= 4 is 51.1 Å². The predicted molar refractivity (Wildman–Crippen MR) is 163 cm³/mol. The average molecular weight is 667 g/mol. The van der Waals surface area contributed by atoms with Gasteiger partial charge in [-0.25, -0.2) is 24.4 Å². The summed E-state index contributed by atoms with van der Waals surface area (Å²) >= 11 is 3.39. The molecule has 2 aromatic carbocycles. The van der Waals surface area contributed by atoms with Gasteiger partial charge >= 0.3 is 18.0 Å². The number of halogens is 1. The van der Waals surface area contributed by atoms with Crippen LogP contribution in [0.15, 0.2) is 59.5 Å². The van der Waals surface area contributed by atoms with Crippen LogP contribution in [0, 0.1) is 13.8 Å². The Morgan fingerprint density at radius 3 is 2.20 bits per heavy atom. The molecule has 1 aliphatic heterocycles. The smallest absolute Gasteiger partial charge is 0.414 e. The molecule has 1 amide bonds. The molecule has 44 heavy (non-hydrogen) atoms. The lowest BCUT2D eigenvalue weighted by molar-refractivity contribution is -0.0563. The minimum Gasteiger partial charge on any atom is -0.459 e. The first-order valence-electron chi connectivity index (χ1n) is 13.9. The van der Waals surface area contributed by atoms with Crippen LogP contribution < -0.4 is 5.32 Å². The Morgan fingerprint density at radius 1 is 0.977 bits per heavy atom. The fourth-order valence-corrected chi connectivity index (χ4v) is 4.96. The number of ether oxygens (including phenoxy) is 4. The molecule has 0 radical (unpaired) electrons. The van der Waals surface area contributed by atoms with E-state index in [0.717, 1.165) is 11.1 Å². The maximum atomic E-state index is 13.1. The Hall–Kier alpha value is -4.36. The zero-order valence-electron chi connectivity index (χ0n) is 24.9. The number of hydrogen-bond donors (Lipinski definition) is 1. The molecule has 5 rings (SSSR count). The van der Waals surface area contributed by atoms with Gasteiger partial charge in [0, 0.05) is 6.42 Å². The van der Waals surface area contributed by atoms with Gasteiger partial charge < -0.3 is 18.9 Å². The van der Waals surface area contributed by atoms with E-state index in [1.54, 1.807) is 49.6 Å². The first-order chi connectivity index (χ1) is 20.9. The van der Waals surface area contributed by atoms with Gasteiger partial charge in [-0.15, -0.1) is 0 Å². The highest BCUT2D eigenvalue weighted by atomic mass is 79.9. The van der Waals surface area contributed by atoms with Crippen molar-refractivity contribution in [1.82, 2.24) is 19.5 Å². The number of imidazole rings is 1. The van der Waals surface area contributed by atoms with Crippen molar-refractivity contribution in [2.45, 2.75) is 65.1 Å². The summed E-state index contributed by atoms with van der Waals surface area (Å²) in [4.78, 5) is 51.3. The Labute approximate surface area is 262 Å². The molecule has 1 N–H and O–H groups in total. The molecule has 0 saturated carbocycles. The van der Waals surface area contributed by atoms with Crippen molar-refractivity contribution in [2.75, 3.05) is 11.9 Å². The number of aryl methyl sites for hydroxylation is 2. The van der Waals surface area contributed by atoms with Gasteiger partial charge in [0.25, 0.3) is 0 Å². The van der Waals surface area contributed by atoms with Crippen molar-refractivity contribution < 1.29 is 33.3 Å².